The van der Waals surface area contributed by atoms with Crippen LogP contribution in [0.5, 0.6) is 5.88 Å². The predicted molar refractivity (Wildman–Crippen MR) is 78.9 cm³/mol. The Morgan fingerprint density at radius 2 is 2.05 bits per heavy atom. The van der Waals surface area contributed by atoms with E-state index in [2.05, 4.69) is 34.4 Å². The number of aromatic nitrogens is 2. The van der Waals surface area contributed by atoms with Crippen molar-refractivity contribution < 1.29 is 9.53 Å². The lowest BCUT2D eigenvalue weighted by molar-refractivity contribution is -0.121. The highest BCUT2D eigenvalue weighted by Gasteiger charge is 2.16. The van der Waals surface area contributed by atoms with Gasteiger partial charge in [0.15, 0.2) is 0 Å². The van der Waals surface area contributed by atoms with Crippen molar-refractivity contribution in [2.45, 2.75) is 40.7 Å². The molecule has 0 aliphatic rings. The van der Waals surface area contributed by atoms with Crippen LogP contribution < -0.4 is 15.4 Å². The van der Waals surface area contributed by atoms with Crippen LogP contribution in [0.15, 0.2) is 6.33 Å². The van der Waals surface area contributed by atoms with Gasteiger partial charge in [-0.1, -0.05) is 13.8 Å². The molecule has 6 heteroatoms. The highest BCUT2D eigenvalue weighted by Crippen LogP contribution is 2.20. The molecule has 0 radical (unpaired) electrons. The smallest absolute Gasteiger partial charge is 0.242 e. The van der Waals surface area contributed by atoms with Gasteiger partial charge in [0.1, 0.15) is 18.2 Å². The Bertz CT molecular complexity index is 449. The van der Waals surface area contributed by atoms with Crippen molar-refractivity contribution in [1.82, 2.24) is 15.3 Å². The minimum Gasteiger partial charge on any atom is -0.478 e. The summed E-state index contributed by atoms with van der Waals surface area (Å²) in [4.78, 5) is 20.1. The third-order valence-electron chi connectivity index (χ3n) is 2.75. The molecule has 1 atom stereocenters. The Balaban J connectivity index is 2.68. The molecule has 1 heterocycles. The van der Waals surface area contributed by atoms with E-state index in [1.165, 1.54) is 6.33 Å². The Labute approximate surface area is 120 Å². The maximum Gasteiger partial charge on any atom is 0.242 e. The number of hydrogen-bond donors (Lipinski definition) is 2. The van der Waals surface area contributed by atoms with Gasteiger partial charge in [0.05, 0.1) is 12.2 Å². The number of hydrogen-bond acceptors (Lipinski definition) is 5. The van der Waals surface area contributed by atoms with Crippen molar-refractivity contribution in [2.24, 2.45) is 5.92 Å². The maximum absolute atomic E-state index is 11.9. The summed E-state index contributed by atoms with van der Waals surface area (Å²) in [6.07, 6.45) is 1.43. The molecule has 20 heavy (non-hydrogen) atoms. The summed E-state index contributed by atoms with van der Waals surface area (Å²) < 4.78 is 5.41. The molecular weight excluding hydrogens is 256 g/mol. The largest absolute Gasteiger partial charge is 0.478 e. The first-order chi connectivity index (χ1) is 9.45. The standard InChI is InChI=1S/C14H24N4O2/c1-6-20-14-10(4)12(16-8-17-14)18-11(5)13(19)15-7-9(2)3/h8-9,11H,6-7H2,1-5H3,(H,15,19)(H,16,17,18). The molecule has 0 aromatic carbocycles. The SMILES string of the molecule is CCOc1ncnc(NC(C)C(=O)NCC(C)C)c1C. The summed E-state index contributed by atoms with van der Waals surface area (Å²) in [6.45, 7) is 10.9. The van der Waals surface area contributed by atoms with Gasteiger partial charge in [-0.05, 0) is 26.7 Å². The van der Waals surface area contributed by atoms with Crippen LogP contribution >= 0.6 is 0 Å². The summed E-state index contributed by atoms with van der Waals surface area (Å²) in [5.74, 6) is 1.54. The molecule has 1 rings (SSSR count). The van der Waals surface area contributed by atoms with Gasteiger partial charge in [-0.3, -0.25) is 4.79 Å². The van der Waals surface area contributed by atoms with Crippen LogP contribution in [0.1, 0.15) is 33.3 Å². The summed E-state index contributed by atoms with van der Waals surface area (Å²) in [5, 5.41) is 5.97. The summed E-state index contributed by atoms with van der Waals surface area (Å²) in [6, 6.07) is -0.364. The average Bonchev–Trinajstić information content (AvgIpc) is 2.40. The van der Waals surface area contributed by atoms with Crippen molar-refractivity contribution in [3.05, 3.63) is 11.9 Å². The van der Waals surface area contributed by atoms with Gasteiger partial charge in [-0.15, -0.1) is 0 Å². The van der Waals surface area contributed by atoms with Gasteiger partial charge in [-0.2, -0.15) is 0 Å². The van der Waals surface area contributed by atoms with E-state index >= 15 is 0 Å². The van der Waals surface area contributed by atoms with Crippen molar-refractivity contribution >= 4 is 11.7 Å². The van der Waals surface area contributed by atoms with E-state index in [9.17, 15) is 4.79 Å². The van der Waals surface area contributed by atoms with Crippen LogP contribution in [0.25, 0.3) is 0 Å². The molecule has 0 saturated carbocycles. The zero-order chi connectivity index (χ0) is 15.1. The number of carbonyl (C=O) groups is 1. The second-order valence-corrected chi connectivity index (χ2v) is 5.09. The van der Waals surface area contributed by atoms with Crippen molar-refractivity contribution in [3.8, 4) is 5.88 Å². The number of nitrogens with one attached hydrogen (secondary N) is 2. The molecule has 1 unspecified atom stereocenters. The fourth-order valence-corrected chi connectivity index (χ4v) is 1.59. The van der Waals surface area contributed by atoms with Crippen LogP contribution in [0.2, 0.25) is 0 Å². The Kier molecular flexibility index (Phi) is 6.21. The van der Waals surface area contributed by atoms with Crippen LogP contribution in [0, 0.1) is 12.8 Å². The molecule has 1 aromatic rings. The Hall–Kier alpha value is -1.85. The van der Waals surface area contributed by atoms with Crippen LogP contribution in [0.3, 0.4) is 0 Å². The minimum atomic E-state index is -0.364. The van der Waals surface area contributed by atoms with E-state index in [0.29, 0.717) is 30.8 Å². The lowest BCUT2D eigenvalue weighted by Gasteiger charge is -2.17. The highest BCUT2D eigenvalue weighted by molar-refractivity contribution is 5.84. The number of nitrogens with zero attached hydrogens (tertiary/aromatic N) is 2. The molecule has 0 aliphatic carbocycles. The first-order valence-corrected chi connectivity index (χ1v) is 6.94. The van der Waals surface area contributed by atoms with Gasteiger partial charge < -0.3 is 15.4 Å². The van der Waals surface area contributed by atoms with Gasteiger partial charge in [0, 0.05) is 6.54 Å². The lowest BCUT2D eigenvalue weighted by atomic mass is 10.2. The van der Waals surface area contributed by atoms with Gasteiger partial charge in [-0.25, -0.2) is 9.97 Å². The highest BCUT2D eigenvalue weighted by atomic mass is 16.5. The zero-order valence-electron chi connectivity index (χ0n) is 12.9. The van der Waals surface area contributed by atoms with Crippen LogP contribution in [0.4, 0.5) is 5.82 Å². The molecule has 112 valence electrons. The molecule has 6 nitrogen and oxygen atoms in total. The third kappa shape index (κ3) is 4.68. The number of amides is 1. The van der Waals surface area contributed by atoms with Gasteiger partial charge in [0.25, 0.3) is 0 Å². The van der Waals surface area contributed by atoms with Gasteiger partial charge >= 0.3 is 0 Å². The van der Waals surface area contributed by atoms with Gasteiger partial charge in [0.2, 0.25) is 11.8 Å². The van der Waals surface area contributed by atoms with E-state index in [1.54, 1.807) is 6.92 Å². The predicted octanol–water partition coefficient (Wildman–Crippen LogP) is 1.76. The normalized spacial score (nSPS) is 12.1. The van der Waals surface area contributed by atoms with Crippen LogP contribution in [-0.2, 0) is 4.79 Å². The maximum atomic E-state index is 11.9. The summed E-state index contributed by atoms with van der Waals surface area (Å²) >= 11 is 0. The summed E-state index contributed by atoms with van der Waals surface area (Å²) in [7, 11) is 0. The molecule has 1 amide bonds. The van der Waals surface area contributed by atoms with E-state index in [0.717, 1.165) is 5.56 Å². The van der Waals surface area contributed by atoms with Crippen molar-refractivity contribution in [3.63, 3.8) is 0 Å². The topological polar surface area (TPSA) is 76.1 Å². The Morgan fingerprint density at radius 1 is 1.35 bits per heavy atom. The first kappa shape index (κ1) is 16.2. The molecular formula is C14H24N4O2. The fourth-order valence-electron chi connectivity index (χ4n) is 1.59. The fraction of sp³-hybridized carbons (Fsp3) is 0.643. The number of carbonyl (C=O) groups excluding carboxylic acids is 1. The molecule has 0 fully saturated rings. The molecule has 1 aromatic heterocycles. The molecule has 0 spiro atoms. The van der Waals surface area contributed by atoms with Crippen molar-refractivity contribution in [2.75, 3.05) is 18.5 Å². The number of rotatable bonds is 7. The first-order valence-electron chi connectivity index (χ1n) is 6.94. The number of anilines is 1. The zero-order valence-corrected chi connectivity index (χ0v) is 12.9. The third-order valence-corrected chi connectivity index (χ3v) is 2.75. The second kappa shape index (κ2) is 7.67. The van der Waals surface area contributed by atoms with Crippen LogP contribution in [-0.4, -0.2) is 35.1 Å². The second-order valence-electron chi connectivity index (χ2n) is 5.09. The summed E-state index contributed by atoms with van der Waals surface area (Å²) in [5.41, 5.74) is 0.804. The lowest BCUT2D eigenvalue weighted by Crippen LogP contribution is -2.39. The molecule has 2 N–H and O–H groups in total. The monoisotopic (exact) mass is 280 g/mol. The quantitative estimate of drug-likeness (QED) is 0.796. The molecule has 0 bridgehead atoms. The number of ether oxygens (including phenoxy) is 1. The molecule has 0 saturated heterocycles. The minimum absolute atomic E-state index is 0.0466. The van der Waals surface area contributed by atoms with E-state index in [-0.39, 0.29) is 11.9 Å². The van der Waals surface area contributed by atoms with E-state index < -0.39 is 0 Å². The average molecular weight is 280 g/mol. The van der Waals surface area contributed by atoms with E-state index in [1.807, 2.05) is 13.8 Å². The van der Waals surface area contributed by atoms with Crippen molar-refractivity contribution in [1.29, 1.82) is 0 Å². The Morgan fingerprint density at radius 3 is 2.65 bits per heavy atom. The van der Waals surface area contributed by atoms with E-state index in [4.69, 9.17) is 4.74 Å². The molecule has 0 aliphatic heterocycles.